The predicted molar refractivity (Wildman–Crippen MR) is 80.5 cm³/mol. The van der Waals surface area contributed by atoms with E-state index in [1.165, 1.54) is 0 Å². The summed E-state index contributed by atoms with van der Waals surface area (Å²) in [6, 6.07) is 11.0. The molecule has 0 saturated heterocycles. The standard InChI is InChI=1S/C14H14BrN3O/c1-2-16-13-8-7-10(9-17-13)14(19)18-12-6-4-3-5-11(12)15/h3-9H,2H2,1H3,(H,16,17)(H,18,19). The first-order valence-corrected chi connectivity index (χ1v) is 6.76. The maximum Gasteiger partial charge on any atom is 0.257 e. The number of anilines is 2. The molecule has 2 rings (SSSR count). The van der Waals surface area contributed by atoms with Crippen LogP contribution in [0.1, 0.15) is 17.3 Å². The summed E-state index contributed by atoms with van der Waals surface area (Å²) < 4.78 is 0.848. The summed E-state index contributed by atoms with van der Waals surface area (Å²) >= 11 is 3.39. The SMILES string of the molecule is CCNc1ccc(C(=O)Nc2ccccc2Br)cn1. The van der Waals surface area contributed by atoms with Crippen LogP contribution in [0.25, 0.3) is 0 Å². The Morgan fingerprint density at radius 2 is 2.05 bits per heavy atom. The minimum atomic E-state index is -0.178. The maximum atomic E-state index is 12.0. The molecular weight excluding hydrogens is 306 g/mol. The lowest BCUT2D eigenvalue weighted by Crippen LogP contribution is -2.12. The molecule has 4 nitrogen and oxygen atoms in total. The molecule has 1 aromatic heterocycles. The highest BCUT2D eigenvalue weighted by molar-refractivity contribution is 9.10. The van der Waals surface area contributed by atoms with Crippen molar-refractivity contribution in [3.8, 4) is 0 Å². The summed E-state index contributed by atoms with van der Waals surface area (Å²) in [7, 11) is 0. The number of benzene rings is 1. The van der Waals surface area contributed by atoms with Crippen LogP contribution in [-0.4, -0.2) is 17.4 Å². The molecule has 98 valence electrons. The van der Waals surface area contributed by atoms with Crippen LogP contribution < -0.4 is 10.6 Å². The fourth-order valence-corrected chi connectivity index (χ4v) is 1.95. The van der Waals surface area contributed by atoms with Crippen molar-refractivity contribution in [3.05, 3.63) is 52.6 Å². The van der Waals surface area contributed by atoms with Crippen LogP contribution >= 0.6 is 15.9 Å². The van der Waals surface area contributed by atoms with Crippen LogP contribution in [0, 0.1) is 0 Å². The van der Waals surface area contributed by atoms with Crippen molar-refractivity contribution >= 4 is 33.3 Å². The van der Waals surface area contributed by atoms with E-state index in [4.69, 9.17) is 0 Å². The second-order valence-electron chi connectivity index (χ2n) is 3.90. The highest BCUT2D eigenvalue weighted by Gasteiger charge is 2.08. The molecule has 5 heteroatoms. The van der Waals surface area contributed by atoms with Gasteiger partial charge in [0.05, 0.1) is 11.3 Å². The van der Waals surface area contributed by atoms with Crippen molar-refractivity contribution in [1.29, 1.82) is 0 Å². The molecule has 0 unspecified atom stereocenters. The van der Waals surface area contributed by atoms with E-state index >= 15 is 0 Å². The summed E-state index contributed by atoms with van der Waals surface area (Å²) in [6.45, 7) is 2.80. The summed E-state index contributed by atoms with van der Waals surface area (Å²) in [5.41, 5.74) is 1.26. The van der Waals surface area contributed by atoms with Crippen molar-refractivity contribution in [2.75, 3.05) is 17.2 Å². The highest BCUT2D eigenvalue weighted by atomic mass is 79.9. The molecule has 0 atom stereocenters. The van der Waals surface area contributed by atoms with E-state index in [0.29, 0.717) is 5.56 Å². The molecule has 19 heavy (non-hydrogen) atoms. The molecule has 1 heterocycles. The van der Waals surface area contributed by atoms with Crippen molar-refractivity contribution < 1.29 is 4.79 Å². The van der Waals surface area contributed by atoms with Gasteiger partial charge in [0.15, 0.2) is 0 Å². The molecule has 0 saturated carbocycles. The highest BCUT2D eigenvalue weighted by Crippen LogP contribution is 2.21. The van der Waals surface area contributed by atoms with Gasteiger partial charge in [0.2, 0.25) is 0 Å². The quantitative estimate of drug-likeness (QED) is 0.906. The number of pyridine rings is 1. The number of carbonyl (C=O) groups excluding carboxylic acids is 1. The predicted octanol–water partition coefficient (Wildman–Crippen LogP) is 3.53. The lowest BCUT2D eigenvalue weighted by Gasteiger charge is -2.07. The Balaban J connectivity index is 2.10. The molecule has 0 aliphatic heterocycles. The third-order valence-corrected chi connectivity index (χ3v) is 3.20. The second kappa shape index (κ2) is 6.33. The van der Waals surface area contributed by atoms with Crippen LogP contribution in [0.2, 0.25) is 0 Å². The molecule has 1 aromatic carbocycles. The third kappa shape index (κ3) is 3.54. The zero-order valence-electron chi connectivity index (χ0n) is 10.5. The average Bonchev–Trinajstić information content (AvgIpc) is 2.42. The fraction of sp³-hybridized carbons (Fsp3) is 0.143. The summed E-state index contributed by atoms with van der Waals surface area (Å²) in [5.74, 6) is 0.586. The Morgan fingerprint density at radius 3 is 2.68 bits per heavy atom. The first-order valence-electron chi connectivity index (χ1n) is 5.96. The number of hydrogen-bond donors (Lipinski definition) is 2. The molecular formula is C14H14BrN3O. The van der Waals surface area contributed by atoms with Gasteiger partial charge in [-0.25, -0.2) is 4.98 Å². The lowest BCUT2D eigenvalue weighted by molar-refractivity contribution is 0.102. The second-order valence-corrected chi connectivity index (χ2v) is 4.75. The van der Waals surface area contributed by atoms with E-state index in [2.05, 4.69) is 31.5 Å². The van der Waals surface area contributed by atoms with Crippen LogP contribution in [0.5, 0.6) is 0 Å². The maximum absolute atomic E-state index is 12.0. The minimum Gasteiger partial charge on any atom is -0.370 e. The largest absolute Gasteiger partial charge is 0.370 e. The van der Waals surface area contributed by atoms with Crippen molar-refractivity contribution in [2.45, 2.75) is 6.92 Å². The molecule has 0 bridgehead atoms. The number of hydrogen-bond acceptors (Lipinski definition) is 3. The van der Waals surface area contributed by atoms with Gasteiger partial charge >= 0.3 is 0 Å². The normalized spacial score (nSPS) is 10.0. The molecule has 0 radical (unpaired) electrons. The molecule has 0 fully saturated rings. The number of amides is 1. The van der Waals surface area contributed by atoms with Crippen LogP contribution in [0.4, 0.5) is 11.5 Å². The van der Waals surface area contributed by atoms with Gasteiger partial charge in [0.25, 0.3) is 5.91 Å². The van der Waals surface area contributed by atoms with Crippen molar-refractivity contribution in [1.82, 2.24) is 4.98 Å². The van der Waals surface area contributed by atoms with Gasteiger partial charge < -0.3 is 10.6 Å². The number of halogens is 1. The van der Waals surface area contributed by atoms with Crippen molar-refractivity contribution in [2.24, 2.45) is 0 Å². The molecule has 0 spiro atoms. The third-order valence-electron chi connectivity index (χ3n) is 2.51. The Kier molecular flexibility index (Phi) is 4.52. The molecule has 1 amide bonds. The van der Waals surface area contributed by atoms with Gasteiger partial charge in [0.1, 0.15) is 5.82 Å². The summed E-state index contributed by atoms with van der Waals surface area (Å²) in [5, 5.41) is 5.91. The number of aromatic nitrogens is 1. The van der Waals surface area contributed by atoms with E-state index in [9.17, 15) is 4.79 Å². The van der Waals surface area contributed by atoms with Crippen LogP contribution in [-0.2, 0) is 0 Å². The van der Waals surface area contributed by atoms with Gasteiger partial charge in [-0.2, -0.15) is 0 Å². The van der Waals surface area contributed by atoms with E-state index in [-0.39, 0.29) is 5.91 Å². The van der Waals surface area contributed by atoms with Gasteiger partial charge in [-0.05, 0) is 47.1 Å². The molecule has 2 aromatic rings. The topological polar surface area (TPSA) is 54.0 Å². The number of carbonyl (C=O) groups is 1. The van der Waals surface area contributed by atoms with E-state index in [1.807, 2.05) is 31.2 Å². The zero-order valence-corrected chi connectivity index (χ0v) is 12.1. The Labute approximate surface area is 120 Å². The number of rotatable bonds is 4. The van der Waals surface area contributed by atoms with E-state index < -0.39 is 0 Å². The summed E-state index contributed by atoms with van der Waals surface area (Å²) in [4.78, 5) is 16.2. The average molecular weight is 320 g/mol. The van der Waals surface area contributed by atoms with Crippen LogP contribution in [0.3, 0.4) is 0 Å². The first kappa shape index (κ1) is 13.5. The fourth-order valence-electron chi connectivity index (χ4n) is 1.57. The molecule has 0 aliphatic carbocycles. The first-order chi connectivity index (χ1) is 9.20. The number of nitrogens with one attached hydrogen (secondary N) is 2. The Bertz CT molecular complexity index is 569. The van der Waals surface area contributed by atoms with Gasteiger partial charge in [-0.15, -0.1) is 0 Å². The molecule has 0 aliphatic rings. The Hall–Kier alpha value is -1.88. The minimum absolute atomic E-state index is 0.178. The lowest BCUT2D eigenvalue weighted by atomic mass is 10.2. The van der Waals surface area contributed by atoms with Gasteiger partial charge in [-0.3, -0.25) is 4.79 Å². The van der Waals surface area contributed by atoms with Gasteiger partial charge in [-0.1, -0.05) is 12.1 Å². The Morgan fingerprint density at radius 1 is 1.26 bits per heavy atom. The zero-order chi connectivity index (χ0) is 13.7. The molecule has 2 N–H and O–H groups in total. The van der Waals surface area contributed by atoms with E-state index in [0.717, 1.165) is 22.5 Å². The van der Waals surface area contributed by atoms with E-state index in [1.54, 1.807) is 18.3 Å². The van der Waals surface area contributed by atoms with Gasteiger partial charge in [0, 0.05) is 17.2 Å². The number of nitrogens with zero attached hydrogens (tertiary/aromatic N) is 1. The smallest absolute Gasteiger partial charge is 0.257 e. The van der Waals surface area contributed by atoms with Crippen molar-refractivity contribution in [3.63, 3.8) is 0 Å². The summed E-state index contributed by atoms with van der Waals surface area (Å²) in [6.07, 6.45) is 1.56. The number of para-hydroxylation sites is 1. The van der Waals surface area contributed by atoms with Crippen LogP contribution in [0.15, 0.2) is 47.1 Å². The monoisotopic (exact) mass is 319 g/mol.